The number of hydrogen-bond acceptors (Lipinski definition) is 4. The number of urea groups is 1. The van der Waals surface area contributed by atoms with Crippen LogP contribution in [0.4, 0.5) is 10.5 Å². The van der Waals surface area contributed by atoms with E-state index in [9.17, 15) is 14.7 Å². The molecule has 2 amide bonds. The Bertz CT molecular complexity index is 1000. The molecule has 3 rings (SSSR count). The number of nitrogens with one attached hydrogen (secondary N) is 1. The van der Waals surface area contributed by atoms with Gasteiger partial charge in [0, 0.05) is 45.8 Å². The molecule has 9 heteroatoms. The first-order chi connectivity index (χ1) is 12.4. The summed E-state index contributed by atoms with van der Waals surface area (Å²) in [5.74, 6) is 0.717. The second-order valence-corrected chi connectivity index (χ2v) is 6.13. The van der Waals surface area contributed by atoms with Gasteiger partial charge in [0.25, 0.3) is 0 Å². The molecule has 138 valence electrons. The molecule has 2 N–H and O–H groups in total. The van der Waals surface area contributed by atoms with Gasteiger partial charge >= 0.3 is 11.7 Å². The summed E-state index contributed by atoms with van der Waals surface area (Å²) in [6, 6.07) is 4.95. The maximum atomic E-state index is 12.6. The molecule has 0 saturated carbocycles. The first kappa shape index (κ1) is 17.7. The summed E-state index contributed by atoms with van der Waals surface area (Å²) >= 11 is 0. The number of aromatic nitrogens is 4. The van der Waals surface area contributed by atoms with Gasteiger partial charge in [-0.3, -0.25) is 9.13 Å². The van der Waals surface area contributed by atoms with E-state index < -0.39 is 0 Å². The predicted molar refractivity (Wildman–Crippen MR) is 97.9 cm³/mol. The summed E-state index contributed by atoms with van der Waals surface area (Å²) < 4.78 is 4.91. The Kier molecular flexibility index (Phi) is 4.81. The van der Waals surface area contributed by atoms with Crippen LogP contribution in [0.3, 0.4) is 0 Å². The molecule has 1 aromatic carbocycles. The number of nitrogens with zero attached hydrogens (tertiary/aromatic N) is 5. The summed E-state index contributed by atoms with van der Waals surface area (Å²) in [5, 5.41) is 12.1. The van der Waals surface area contributed by atoms with E-state index in [1.54, 1.807) is 49.3 Å². The fourth-order valence-electron chi connectivity index (χ4n) is 2.88. The minimum atomic E-state index is -0.345. The standard InChI is InChI=1S/C17H22N6O3/c1-20-7-6-18-15(20)11-23(8-9-24)16(25)19-12-4-5-13-14(10-12)22(3)17(26)21(13)2/h4-7,10,24H,8-9,11H2,1-3H3,(H,19,25). The molecular weight excluding hydrogens is 336 g/mol. The van der Waals surface area contributed by atoms with Crippen molar-refractivity contribution in [2.45, 2.75) is 6.54 Å². The number of amides is 2. The van der Waals surface area contributed by atoms with Crippen molar-refractivity contribution in [1.82, 2.24) is 23.6 Å². The number of aliphatic hydroxyl groups is 1. The number of hydrogen-bond donors (Lipinski definition) is 2. The average Bonchev–Trinajstić information content (AvgIpc) is 3.12. The first-order valence-electron chi connectivity index (χ1n) is 8.21. The van der Waals surface area contributed by atoms with Gasteiger partial charge in [0.05, 0.1) is 24.2 Å². The number of benzene rings is 1. The minimum Gasteiger partial charge on any atom is -0.395 e. The Morgan fingerprint density at radius 1 is 1.23 bits per heavy atom. The van der Waals surface area contributed by atoms with Crippen LogP contribution in [-0.4, -0.2) is 47.9 Å². The van der Waals surface area contributed by atoms with Gasteiger partial charge in [0.2, 0.25) is 0 Å². The third-order valence-corrected chi connectivity index (χ3v) is 4.43. The van der Waals surface area contributed by atoms with Gasteiger partial charge < -0.3 is 19.9 Å². The molecule has 0 radical (unpaired) electrons. The van der Waals surface area contributed by atoms with Crippen LogP contribution in [0.2, 0.25) is 0 Å². The highest BCUT2D eigenvalue weighted by Gasteiger charge is 2.17. The number of carbonyl (C=O) groups is 1. The number of aryl methyl sites for hydroxylation is 3. The third kappa shape index (κ3) is 3.21. The van der Waals surface area contributed by atoms with Gasteiger partial charge in [-0.1, -0.05) is 0 Å². The molecule has 0 saturated heterocycles. The van der Waals surface area contributed by atoms with Gasteiger partial charge in [-0.05, 0) is 18.2 Å². The average molecular weight is 358 g/mol. The molecule has 0 aliphatic carbocycles. The van der Waals surface area contributed by atoms with Crippen molar-refractivity contribution in [3.8, 4) is 0 Å². The largest absolute Gasteiger partial charge is 0.395 e. The quantitative estimate of drug-likeness (QED) is 0.699. The lowest BCUT2D eigenvalue weighted by atomic mass is 10.2. The van der Waals surface area contributed by atoms with Crippen molar-refractivity contribution in [3.63, 3.8) is 0 Å². The highest BCUT2D eigenvalue weighted by atomic mass is 16.3. The van der Waals surface area contributed by atoms with Gasteiger partial charge in [0.1, 0.15) is 5.82 Å². The number of carbonyl (C=O) groups excluding carboxylic acids is 1. The molecule has 0 aliphatic rings. The summed E-state index contributed by atoms with van der Waals surface area (Å²) in [6.07, 6.45) is 3.46. The number of fused-ring (bicyclic) bond motifs is 1. The fourth-order valence-corrected chi connectivity index (χ4v) is 2.88. The normalized spacial score (nSPS) is 11.1. The van der Waals surface area contributed by atoms with Crippen molar-refractivity contribution < 1.29 is 9.90 Å². The molecule has 0 bridgehead atoms. The predicted octanol–water partition coefficient (Wildman–Crippen LogP) is 0.637. The molecule has 3 aromatic rings. The summed E-state index contributed by atoms with van der Waals surface area (Å²) in [4.78, 5) is 30.3. The van der Waals surface area contributed by atoms with Crippen molar-refractivity contribution >= 4 is 22.8 Å². The van der Waals surface area contributed by atoms with E-state index in [1.165, 1.54) is 9.47 Å². The Morgan fingerprint density at radius 3 is 2.62 bits per heavy atom. The fraction of sp³-hybridized carbons (Fsp3) is 0.353. The molecule has 2 aromatic heterocycles. The van der Waals surface area contributed by atoms with E-state index in [1.807, 2.05) is 11.6 Å². The second kappa shape index (κ2) is 7.04. The van der Waals surface area contributed by atoms with Crippen LogP contribution in [0.15, 0.2) is 35.4 Å². The lowest BCUT2D eigenvalue weighted by Crippen LogP contribution is -2.37. The molecule has 26 heavy (non-hydrogen) atoms. The SMILES string of the molecule is Cn1ccnc1CN(CCO)C(=O)Nc1ccc2c(c1)n(C)c(=O)n2C. The number of imidazole rings is 2. The lowest BCUT2D eigenvalue weighted by Gasteiger charge is -2.22. The molecule has 2 heterocycles. The second-order valence-electron chi connectivity index (χ2n) is 6.13. The summed E-state index contributed by atoms with van der Waals surface area (Å²) in [6.45, 7) is 0.316. The molecule has 0 unspecified atom stereocenters. The molecule has 0 spiro atoms. The van der Waals surface area contributed by atoms with E-state index >= 15 is 0 Å². The summed E-state index contributed by atoms with van der Waals surface area (Å²) in [7, 11) is 5.25. The van der Waals surface area contributed by atoms with Crippen LogP contribution in [-0.2, 0) is 27.7 Å². The van der Waals surface area contributed by atoms with E-state index in [4.69, 9.17) is 0 Å². The topological polar surface area (TPSA) is 97.3 Å². The summed E-state index contributed by atoms with van der Waals surface area (Å²) in [5.41, 5.74) is 1.97. The lowest BCUT2D eigenvalue weighted by molar-refractivity contribution is 0.183. The molecule has 0 atom stereocenters. The van der Waals surface area contributed by atoms with Gasteiger partial charge in [-0.15, -0.1) is 0 Å². The Balaban J connectivity index is 1.82. The van der Waals surface area contributed by atoms with Crippen LogP contribution in [0, 0.1) is 0 Å². The van der Waals surface area contributed by atoms with Crippen LogP contribution in [0.5, 0.6) is 0 Å². The van der Waals surface area contributed by atoms with E-state index in [-0.39, 0.29) is 31.4 Å². The molecule has 9 nitrogen and oxygen atoms in total. The van der Waals surface area contributed by atoms with Gasteiger partial charge in [0.15, 0.2) is 0 Å². The van der Waals surface area contributed by atoms with Crippen LogP contribution in [0.1, 0.15) is 5.82 Å². The monoisotopic (exact) mass is 358 g/mol. The molecule has 0 fully saturated rings. The number of rotatable bonds is 5. The zero-order valence-electron chi connectivity index (χ0n) is 15.0. The van der Waals surface area contributed by atoms with E-state index in [2.05, 4.69) is 10.3 Å². The molecule has 0 aliphatic heterocycles. The highest BCUT2D eigenvalue weighted by molar-refractivity contribution is 5.92. The van der Waals surface area contributed by atoms with Crippen molar-refractivity contribution in [1.29, 1.82) is 0 Å². The van der Waals surface area contributed by atoms with E-state index in [0.717, 1.165) is 16.9 Å². The molecular formula is C17H22N6O3. The number of anilines is 1. The Morgan fingerprint density at radius 2 is 1.96 bits per heavy atom. The third-order valence-electron chi connectivity index (χ3n) is 4.43. The van der Waals surface area contributed by atoms with Gasteiger partial charge in [-0.25, -0.2) is 14.6 Å². The zero-order chi connectivity index (χ0) is 18.8. The first-order valence-corrected chi connectivity index (χ1v) is 8.21. The number of aliphatic hydroxyl groups excluding tert-OH is 1. The smallest absolute Gasteiger partial charge is 0.328 e. The Labute approximate surface area is 150 Å². The van der Waals surface area contributed by atoms with Crippen LogP contribution < -0.4 is 11.0 Å². The van der Waals surface area contributed by atoms with Crippen molar-refractivity contribution in [2.75, 3.05) is 18.5 Å². The maximum Gasteiger partial charge on any atom is 0.328 e. The zero-order valence-corrected chi connectivity index (χ0v) is 15.0. The minimum absolute atomic E-state index is 0.125. The van der Waals surface area contributed by atoms with Crippen LogP contribution in [0.25, 0.3) is 11.0 Å². The highest BCUT2D eigenvalue weighted by Crippen LogP contribution is 2.18. The van der Waals surface area contributed by atoms with E-state index in [0.29, 0.717) is 5.69 Å². The maximum absolute atomic E-state index is 12.6. The van der Waals surface area contributed by atoms with Gasteiger partial charge in [-0.2, -0.15) is 0 Å². The van der Waals surface area contributed by atoms with Crippen molar-refractivity contribution in [2.24, 2.45) is 21.1 Å². The van der Waals surface area contributed by atoms with Crippen LogP contribution >= 0.6 is 0 Å². The Hall–Kier alpha value is -3.07. The van der Waals surface area contributed by atoms with Crippen molar-refractivity contribution in [3.05, 3.63) is 46.9 Å².